The molecule has 0 spiro atoms. The molecule has 128 valence electrons. The van der Waals surface area contributed by atoms with Crippen LogP contribution in [0.15, 0.2) is 53.0 Å². The third-order valence-corrected chi connectivity index (χ3v) is 4.91. The van der Waals surface area contributed by atoms with E-state index in [1.165, 1.54) is 17.5 Å². The van der Waals surface area contributed by atoms with E-state index >= 15 is 0 Å². The Hall–Kier alpha value is -1.36. The van der Waals surface area contributed by atoms with Gasteiger partial charge in [0, 0.05) is 29.7 Å². The number of halogens is 1. The van der Waals surface area contributed by atoms with Gasteiger partial charge in [0.05, 0.1) is 12.6 Å². The molecule has 1 aliphatic heterocycles. The number of ether oxygens (including phenoxy) is 1. The van der Waals surface area contributed by atoms with Gasteiger partial charge in [-0.25, -0.2) is 0 Å². The number of benzene rings is 2. The van der Waals surface area contributed by atoms with Gasteiger partial charge >= 0.3 is 0 Å². The summed E-state index contributed by atoms with van der Waals surface area (Å²) in [6.07, 6.45) is 1.17. The number of nitrogens with zero attached hydrogens (tertiary/aromatic N) is 1. The van der Waals surface area contributed by atoms with Gasteiger partial charge < -0.3 is 10.1 Å². The maximum absolute atomic E-state index is 5.95. The third-order valence-electron chi connectivity index (χ3n) is 4.42. The van der Waals surface area contributed by atoms with Crippen molar-refractivity contribution >= 4 is 15.9 Å². The molecule has 0 bridgehead atoms. The molecule has 24 heavy (non-hydrogen) atoms. The SMILES string of the molecule is CCOc1ccc(Br)cc1C(c1ccccc1)N1CCCNCC1. The Morgan fingerprint density at radius 1 is 1.12 bits per heavy atom. The molecule has 1 fully saturated rings. The Kier molecular flexibility index (Phi) is 6.30. The van der Waals surface area contributed by atoms with Crippen molar-refractivity contribution in [3.8, 4) is 5.75 Å². The van der Waals surface area contributed by atoms with E-state index in [1.807, 2.05) is 6.92 Å². The van der Waals surface area contributed by atoms with Crippen molar-refractivity contribution in [1.29, 1.82) is 0 Å². The quantitative estimate of drug-likeness (QED) is 0.828. The first-order valence-corrected chi connectivity index (χ1v) is 9.51. The van der Waals surface area contributed by atoms with Crippen LogP contribution in [-0.4, -0.2) is 37.7 Å². The summed E-state index contributed by atoms with van der Waals surface area (Å²) in [5, 5.41) is 3.50. The topological polar surface area (TPSA) is 24.5 Å². The minimum absolute atomic E-state index is 0.213. The highest BCUT2D eigenvalue weighted by Crippen LogP contribution is 2.36. The molecule has 4 heteroatoms. The van der Waals surface area contributed by atoms with E-state index < -0.39 is 0 Å². The zero-order chi connectivity index (χ0) is 16.8. The normalized spacial score (nSPS) is 17.2. The van der Waals surface area contributed by atoms with Gasteiger partial charge in [-0.05, 0) is 43.7 Å². The Morgan fingerprint density at radius 2 is 1.96 bits per heavy atom. The summed E-state index contributed by atoms with van der Waals surface area (Å²) in [7, 11) is 0. The van der Waals surface area contributed by atoms with E-state index in [4.69, 9.17) is 4.74 Å². The zero-order valence-electron chi connectivity index (χ0n) is 14.2. The van der Waals surface area contributed by atoms with E-state index in [0.29, 0.717) is 6.61 Å². The van der Waals surface area contributed by atoms with Crippen molar-refractivity contribution in [2.45, 2.75) is 19.4 Å². The van der Waals surface area contributed by atoms with Crippen molar-refractivity contribution < 1.29 is 4.74 Å². The van der Waals surface area contributed by atoms with E-state index in [1.54, 1.807) is 0 Å². The lowest BCUT2D eigenvalue weighted by atomic mass is 9.96. The Balaban J connectivity index is 2.05. The molecular weight excluding hydrogens is 364 g/mol. The highest BCUT2D eigenvalue weighted by atomic mass is 79.9. The van der Waals surface area contributed by atoms with Crippen LogP contribution in [0.5, 0.6) is 5.75 Å². The van der Waals surface area contributed by atoms with Gasteiger partial charge in [-0.1, -0.05) is 46.3 Å². The summed E-state index contributed by atoms with van der Waals surface area (Å²) >= 11 is 3.64. The minimum Gasteiger partial charge on any atom is -0.494 e. The van der Waals surface area contributed by atoms with Crippen LogP contribution in [0.4, 0.5) is 0 Å². The molecule has 2 aromatic carbocycles. The Morgan fingerprint density at radius 3 is 2.75 bits per heavy atom. The molecule has 0 radical (unpaired) electrons. The molecule has 1 unspecified atom stereocenters. The van der Waals surface area contributed by atoms with Gasteiger partial charge in [0.1, 0.15) is 5.75 Å². The molecule has 0 aromatic heterocycles. The molecule has 3 rings (SSSR count). The Labute approximate surface area is 153 Å². The summed E-state index contributed by atoms with van der Waals surface area (Å²) < 4.78 is 7.05. The predicted octanol–water partition coefficient (Wildman–Crippen LogP) is 4.23. The van der Waals surface area contributed by atoms with Gasteiger partial charge in [0.25, 0.3) is 0 Å². The van der Waals surface area contributed by atoms with Crippen LogP contribution in [0, 0.1) is 0 Å². The standard InChI is InChI=1S/C20H25BrN2O/c1-2-24-19-10-9-17(21)15-18(19)20(16-7-4-3-5-8-16)23-13-6-11-22-12-14-23/h3-5,7-10,15,20,22H,2,6,11-14H2,1H3. The van der Waals surface area contributed by atoms with Gasteiger partial charge in [-0.3, -0.25) is 4.90 Å². The number of rotatable bonds is 5. The predicted molar refractivity (Wildman–Crippen MR) is 103 cm³/mol. The van der Waals surface area contributed by atoms with Crippen LogP contribution >= 0.6 is 15.9 Å². The van der Waals surface area contributed by atoms with E-state index in [0.717, 1.165) is 36.4 Å². The average molecular weight is 389 g/mol. The lowest BCUT2D eigenvalue weighted by Crippen LogP contribution is -2.33. The summed E-state index contributed by atoms with van der Waals surface area (Å²) in [5.74, 6) is 0.978. The molecular formula is C20H25BrN2O. The second-order valence-corrected chi connectivity index (χ2v) is 6.98. The molecule has 3 nitrogen and oxygen atoms in total. The largest absolute Gasteiger partial charge is 0.494 e. The first-order chi connectivity index (χ1) is 11.8. The molecule has 1 aliphatic rings. The first-order valence-electron chi connectivity index (χ1n) is 8.71. The van der Waals surface area contributed by atoms with Crippen LogP contribution < -0.4 is 10.1 Å². The van der Waals surface area contributed by atoms with Crippen molar-refractivity contribution in [3.63, 3.8) is 0 Å². The highest BCUT2D eigenvalue weighted by Gasteiger charge is 2.26. The third kappa shape index (κ3) is 4.18. The smallest absolute Gasteiger partial charge is 0.124 e. The fraction of sp³-hybridized carbons (Fsp3) is 0.400. The maximum atomic E-state index is 5.95. The van der Waals surface area contributed by atoms with Crippen molar-refractivity contribution in [3.05, 3.63) is 64.1 Å². The van der Waals surface area contributed by atoms with Gasteiger partial charge in [-0.2, -0.15) is 0 Å². The van der Waals surface area contributed by atoms with E-state index in [9.17, 15) is 0 Å². The number of hydrogen-bond donors (Lipinski definition) is 1. The van der Waals surface area contributed by atoms with E-state index in [-0.39, 0.29) is 6.04 Å². The minimum atomic E-state index is 0.213. The second kappa shape index (κ2) is 8.65. The average Bonchev–Trinajstić information content (AvgIpc) is 2.88. The molecule has 0 aliphatic carbocycles. The van der Waals surface area contributed by atoms with Crippen molar-refractivity contribution in [2.24, 2.45) is 0 Å². The van der Waals surface area contributed by atoms with Crippen molar-refractivity contribution in [2.75, 3.05) is 32.8 Å². The molecule has 1 N–H and O–H groups in total. The highest BCUT2D eigenvalue weighted by molar-refractivity contribution is 9.10. The Bertz CT molecular complexity index is 639. The lowest BCUT2D eigenvalue weighted by Gasteiger charge is -2.32. The van der Waals surface area contributed by atoms with Gasteiger partial charge in [-0.15, -0.1) is 0 Å². The molecule has 0 amide bonds. The van der Waals surface area contributed by atoms with Gasteiger partial charge in [0.15, 0.2) is 0 Å². The van der Waals surface area contributed by atoms with Crippen LogP contribution in [0.3, 0.4) is 0 Å². The zero-order valence-corrected chi connectivity index (χ0v) is 15.8. The second-order valence-electron chi connectivity index (χ2n) is 6.07. The summed E-state index contributed by atoms with van der Waals surface area (Å²) in [6.45, 7) is 6.97. The fourth-order valence-electron chi connectivity index (χ4n) is 3.37. The first kappa shape index (κ1) is 17.5. The van der Waals surface area contributed by atoms with Crippen LogP contribution in [0.2, 0.25) is 0 Å². The number of hydrogen-bond acceptors (Lipinski definition) is 3. The summed E-state index contributed by atoms with van der Waals surface area (Å²) in [4.78, 5) is 2.57. The lowest BCUT2D eigenvalue weighted by molar-refractivity contribution is 0.233. The van der Waals surface area contributed by atoms with Gasteiger partial charge in [0.2, 0.25) is 0 Å². The molecule has 1 atom stereocenters. The monoisotopic (exact) mass is 388 g/mol. The number of nitrogens with one attached hydrogen (secondary N) is 1. The maximum Gasteiger partial charge on any atom is 0.124 e. The molecule has 0 saturated carbocycles. The van der Waals surface area contributed by atoms with Crippen molar-refractivity contribution in [1.82, 2.24) is 10.2 Å². The van der Waals surface area contributed by atoms with E-state index in [2.05, 4.69) is 74.7 Å². The molecule has 2 aromatic rings. The van der Waals surface area contributed by atoms with Crippen LogP contribution in [-0.2, 0) is 0 Å². The fourth-order valence-corrected chi connectivity index (χ4v) is 3.75. The van der Waals surface area contributed by atoms with Crippen LogP contribution in [0.25, 0.3) is 0 Å². The molecule has 1 saturated heterocycles. The van der Waals surface area contributed by atoms with Crippen LogP contribution in [0.1, 0.15) is 30.5 Å². The summed E-state index contributed by atoms with van der Waals surface area (Å²) in [6, 6.07) is 17.3. The molecule has 1 heterocycles. The summed E-state index contributed by atoms with van der Waals surface area (Å²) in [5.41, 5.74) is 2.55.